The van der Waals surface area contributed by atoms with Crippen LogP contribution in [-0.2, 0) is 65.4 Å². The Balaban J connectivity index is 5.19. The van der Waals surface area contributed by atoms with E-state index in [9.17, 15) is 43.2 Å². The highest BCUT2D eigenvalue weighted by atomic mass is 31.2. The lowest BCUT2D eigenvalue weighted by Gasteiger charge is -2.21. The number of esters is 4. The zero-order chi connectivity index (χ0) is 71.2. The predicted molar refractivity (Wildman–Crippen MR) is 395 cm³/mol. The van der Waals surface area contributed by atoms with E-state index in [1.165, 1.54) is 225 Å². The van der Waals surface area contributed by atoms with Crippen molar-refractivity contribution in [3.05, 3.63) is 0 Å². The molecule has 0 fully saturated rings. The van der Waals surface area contributed by atoms with E-state index < -0.39 is 97.5 Å². The fourth-order valence-corrected chi connectivity index (χ4v) is 13.6. The van der Waals surface area contributed by atoms with Crippen LogP contribution in [0.25, 0.3) is 0 Å². The Bertz CT molecular complexity index is 1860. The monoisotopic (exact) mass is 1420 g/mol. The van der Waals surface area contributed by atoms with Crippen molar-refractivity contribution >= 4 is 39.5 Å². The van der Waals surface area contributed by atoms with Crippen LogP contribution in [0.5, 0.6) is 0 Å². The number of aliphatic hydroxyl groups is 1. The molecule has 0 aliphatic heterocycles. The Morgan fingerprint density at radius 1 is 0.289 bits per heavy atom. The lowest BCUT2D eigenvalue weighted by atomic mass is 9.99. The summed E-state index contributed by atoms with van der Waals surface area (Å²) in [6, 6.07) is 0. The fraction of sp³-hybridized carbons (Fsp3) is 0.949. The van der Waals surface area contributed by atoms with Gasteiger partial charge in [0.15, 0.2) is 12.2 Å². The van der Waals surface area contributed by atoms with Crippen molar-refractivity contribution in [2.24, 2.45) is 5.92 Å². The second kappa shape index (κ2) is 71.1. The SMILES string of the molecule is CCCCCCCCCCCCCCCCCCCCCC(=O)O[C@H](COC(=O)CCCCCCCCCCCCCCCCCCC)COP(=O)(O)OC[C@@H](O)COP(=O)(O)OC[C@@H](COC(=O)CCCCCCCCC)OC(=O)CCCCCCCCCCCCC(C)CC. The summed E-state index contributed by atoms with van der Waals surface area (Å²) < 4.78 is 68.5. The minimum Gasteiger partial charge on any atom is -0.462 e. The van der Waals surface area contributed by atoms with E-state index in [4.69, 9.17) is 37.0 Å². The first-order chi connectivity index (χ1) is 47.1. The Morgan fingerprint density at radius 2 is 0.495 bits per heavy atom. The van der Waals surface area contributed by atoms with Crippen molar-refractivity contribution in [1.29, 1.82) is 0 Å². The van der Waals surface area contributed by atoms with Crippen LogP contribution in [0.2, 0.25) is 0 Å². The number of carbonyl (C=O) groups excluding carboxylic acids is 4. The van der Waals surface area contributed by atoms with E-state index in [1.807, 2.05) is 0 Å². The minimum absolute atomic E-state index is 0.106. The van der Waals surface area contributed by atoms with E-state index in [-0.39, 0.29) is 25.7 Å². The van der Waals surface area contributed by atoms with Gasteiger partial charge in [-0.25, -0.2) is 9.13 Å². The Morgan fingerprint density at radius 3 is 0.732 bits per heavy atom. The molecule has 0 aliphatic rings. The van der Waals surface area contributed by atoms with Gasteiger partial charge in [-0.1, -0.05) is 362 Å². The average molecular weight is 1420 g/mol. The summed E-state index contributed by atoms with van der Waals surface area (Å²) >= 11 is 0. The van der Waals surface area contributed by atoms with Gasteiger partial charge in [-0.2, -0.15) is 0 Å². The molecule has 0 rings (SSSR count). The van der Waals surface area contributed by atoms with Crippen molar-refractivity contribution in [1.82, 2.24) is 0 Å². The van der Waals surface area contributed by atoms with Crippen molar-refractivity contribution in [3.63, 3.8) is 0 Å². The molecule has 6 atom stereocenters. The molecule has 576 valence electrons. The second-order valence-corrected chi connectivity index (χ2v) is 31.3. The van der Waals surface area contributed by atoms with Gasteiger partial charge in [0.05, 0.1) is 26.4 Å². The zero-order valence-corrected chi connectivity index (χ0v) is 65.0. The summed E-state index contributed by atoms with van der Waals surface area (Å²) in [5, 5.41) is 10.6. The minimum atomic E-state index is -4.96. The number of hydrogen-bond acceptors (Lipinski definition) is 15. The fourth-order valence-electron chi connectivity index (χ4n) is 12.0. The van der Waals surface area contributed by atoms with Crippen LogP contribution in [0.3, 0.4) is 0 Å². The Hall–Kier alpha value is -1.94. The number of phosphoric acid groups is 2. The molecular formula is C78H152O17P2. The van der Waals surface area contributed by atoms with Gasteiger partial charge in [0.2, 0.25) is 0 Å². The number of carbonyl (C=O) groups is 4. The number of hydrogen-bond donors (Lipinski definition) is 3. The summed E-state index contributed by atoms with van der Waals surface area (Å²) in [6.45, 7) is 7.29. The van der Waals surface area contributed by atoms with Gasteiger partial charge in [-0.3, -0.25) is 37.3 Å². The van der Waals surface area contributed by atoms with E-state index in [0.29, 0.717) is 25.7 Å². The summed E-state index contributed by atoms with van der Waals surface area (Å²) in [4.78, 5) is 72.8. The van der Waals surface area contributed by atoms with E-state index in [0.717, 1.165) is 109 Å². The third-order valence-electron chi connectivity index (χ3n) is 18.6. The standard InChI is InChI=1S/C78H152O17P2/c1-6-10-13-16-19-21-23-25-27-29-30-32-34-36-38-43-48-53-58-63-77(82)95-74(68-89-76(81)62-57-52-47-42-37-35-33-31-28-26-24-22-20-17-14-11-7-2)70-93-97(86,87)91-66-72(79)65-90-96(84,85)92-69-73(67-88-75(80)61-56-51-45-18-15-12-8-3)94-78(83)64-59-54-49-44-40-39-41-46-50-55-60-71(5)9-4/h71-74,79H,6-70H2,1-5H3,(H,84,85)(H,86,87)/t71?,72-,73+,74+/m0/s1. The van der Waals surface area contributed by atoms with E-state index >= 15 is 0 Å². The second-order valence-electron chi connectivity index (χ2n) is 28.3. The third kappa shape index (κ3) is 70.9. The molecule has 0 aromatic rings. The highest BCUT2D eigenvalue weighted by molar-refractivity contribution is 7.47. The van der Waals surface area contributed by atoms with Gasteiger partial charge < -0.3 is 33.8 Å². The molecule has 0 aromatic heterocycles. The van der Waals surface area contributed by atoms with Gasteiger partial charge in [0.1, 0.15) is 19.3 Å². The molecule has 19 heteroatoms. The first-order valence-electron chi connectivity index (χ1n) is 40.7. The Labute approximate surface area is 594 Å². The molecule has 0 saturated heterocycles. The highest BCUT2D eigenvalue weighted by Crippen LogP contribution is 2.45. The molecule has 3 unspecified atom stereocenters. The molecule has 0 bridgehead atoms. The smallest absolute Gasteiger partial charge is 0.462 e. The maximum Gasteiger partial charge on any atom is 0.472 e. The highest BCUT2D eigenvalue weighted by Gasteiger charge is 2.30. The van der Waals surface area contributed by atoms with Crippen molar-refractivity contribution < 1.29 is 80.2 Å². The van der Waals surface area contributed by atoms with E-state index in [1.54, 1.807) is 0 Å². The maximum atomic E-state index is 13.1. The zero-order valence-electron chi connectivity index (χ0n) is 63.2. The van der Waals surface area contributed by atoms with Gasteiger partial charge in [-0.05, 0) is 31.6 Å². The summed E-state index contributed by atoms with van der Waals surface area (Å²) in [5.41, 5.74) is 0. The van der Waals surface area contributed by atoms with Crippen LogP contribution in [0.1, 0.15) is 413 Å². The quantitative estimate of drug-likeness (QED) is 0.0222. The van der Waals surface area contributed by atoms with Crippen LogP contribution in [-0.4, -0.2) is 96.7 Å². The van der Waals surface area contributed by atoms with Crippen molar-refractivity contribution in [2.75, 3.05) is 39.6 Å². The molecule has 0 radical (unpaired) electrons. The lowest BCUT2D eigenvalue weighted by molar-refractivity contribution is -0.161. The van der Waals surface area contributed by atoms with Gasteiger partial charge >= 0.3 is 39.5 Å². The molecule has 3 N–H and O–H groups in total. The van der Waals surface area contributed by atoms with Crippen molar-refractivity contribution in [2.45, 2.75) is 432 Å². The first kappa shape index (κ1) is 95.1. The largest absolute Gasteiger partial charge is 0.472 e. The molecule has 0 heterocycles. The van der Waals surface area contributed by atoms with Gasteiger partial charge in [-0.15, -0.1) is 0 Å². The lowest BCUT2D eigenvalue weighted by Crippen LogP contribution is -2.30. The van der Waals surface area contributed by atoms with E-state index in [2.05, 4.69) is 34.6 Å². The molecule has 0 aliphatic carbocycles. The first-order valence-corrected chi connectivity index (χ1v) is 43.7. The molecular weight excluding hydrogens is 1270 g/mol. The van der Waals surface area contributed by atoms with Crippen LogP contribution in [0, 0.1) is 5.92 Å². The topological polar surface area (TPSA) is 237 Å². The summed E-state index contributed by atoms with van der Waals surface area (Å²) in [6.07, 6.45) is 61.1. The average Bonchev–Trinajstić information content (AvgIpc) is 2.95. The number of aliphatic hydroxyl groups excluding tert-OH is 1. The van der Waals surface area contributed by atoms with Crippen LogP contribution < -0.4 is 0 Å². The molecule has 0 saturated carbocycles. The normalized spacial score (nSPS) is 14.2. The number of rotatable bonds is 78. The van der Waals surface area contributed by atoms with Crippen LogP contribution in [0.4, 0.5) is 0 Å². The van der Waals surface area contributed by atoms with Gasteiger partial charge in [0.25, 0.3) is 0 Å². The molecule has 0 aromatic carbocycles. The summed E-state index contributed by atoms with van der Waals surface area (Å²) in [7, 11) is -9.91. The maximum absolute atomic E-state index is 13.1. The number of unbranched alkanes of at least 4 members (excludes halogenated alkanes) is 49. The molecule has 97 heavy (non-hydrogen) atoms. The van der Waals surface area contributed by atoms with Crippen LogP contribution in [0.15, 0.2) is 0 Å². The predicted octanol–water partition coefficient (Wildman–Crippen LogP) is 23.3. The molecule has 17 nitrogen and oxygen atoms in total. The van der Waals surface area contributed by atoms with Crippen molar-refractivity contribution in [3.8, 4) is 0 Å². The van der Waals surface area contributed by atoms with Gasteiger partial charge in [0, 0.05) is 25.7 Å². The summed E-state index contributed by atoms with van der Waals surface area (Å²) in [5.74, 6) is -1.31. The molecule has 0 spiro atoms. The number of phosphoric ester groups is 2. The third-order valence-corrected chi connectivity index (χ3v) is 20.5. The number of ether oxygens (including phenoxy) is 4. The van der Waals surface area contributed by atoms with Crippen LogP contribution >= 0.6 is 15.6 Å². The Kier molecular flexibility index (Phi) is 69.6. The molecule has 0 amide bonds.